The molecule has 2 nitrogen and oxygen atoms in total. The molecule has 1 aliphatic rings. The highest BCUT2D eigenvalue weighted by atomic mass is 19.1. The highest BCUT2D eigenvalue weighted by Crippen LogP contribution is 2.32. The summed E-state index contributed by atoms with van der Waals surface area (Å²) >= 11 is 0. The molecule has 0 amide bonds. The smallest absolute Gasteiger partial charge is 0.161 e. The van der Waals surface area contributed by atoms with Crippen LogP contribution in [0.4, 0.5) is 10.1 Å². The molecule has 1 aromatic carbocycles. The molecule has 1 aromatic rings. The molecular formula is C17H22FNO. The Hall–Kier alpha value is -1.64. The Morgan fingerprint density at radius 1 is 1.30 bits per heavy atom. The number of carbonyl (C=O) groups is 1. The van der Waals surface area contributed by atoms with E-state index >= 15 is 0 Å². The van der Waals surface area contributed by atoms with E-state index in [2.05, 4.69) is 31.7 Å². The number of carbonyl (C=O) groups excluding carboxylic acids is 1. The lowest BCUT2D eigenvalue weighted by molar-refractivity contribution is 0.101. The molecule has 0 radical (unpaired) electrons. The van der Waals surface area contributed by atoms with Crippen LogP contribution in [0.2, 0.25) is 0 Å². The lowest BCUT2D eigenvalue weighted by Gasteiger charge is -2.34. The van der Waals surface area contributed by atoms with Crippen LogP contribution >= 0.6 is 0 Å². The third-order valence-electron chi connectivity index (χ3n) is 3.85. The molecule has 3 heteroatoms. The van der Waals surface area contributed by atoms with Crippen LogP contribution in [0.25, 0.3) is 0 Å². The number of benzene rings is 1. The molecule has 0 saturated heterocycles. The van der Waals surface area contributed by atoms with E-state index in [-0.39, 0.29) is 17.0 Å². The monoisotopic (exact) mass is 275 g/mol. The molecule has 108 valence electrons. The standard InChI is InChI=1S/C17H22FNO/c1-12(20)15-11-14(18)5-6-16(15)19-9-7-13(8-10-19)17(2,3)4/h5-7,11H,8-10H2,1-4H3. The van der Waals surface area contributed by atoms with Crippen molar-refractivity contribution in [1.29, 1.82) is 0 Å². The Morgan fingerprint density at radius 2 is 2.00 bits per heavy atom. The summed E-state index contributed by atoms with van der Waals surface area (Å²) in [6.45, 7) is 9.78. The van der Waals surface area contributed by atoms with Gasteiger partial charge in [-0.1, -0.05) is 32.4 Å². The molecule has 0 aliphatic carbocycles. The number of rotatable bonds is 2. The van der Waals surface area contributed by atoms with Crippen molar-refractivity contribution in [1.82, 2.24) is 0 Å². The minimum absolute atomic E-state index is 0.0925. The maximum atomic E-state index is 13.3. The molecule has 2 rings (SSSR count). The number of anilines is 1. The first-order valence-electron chi connectivity index (χ1n) is 7.04. The zero-order valence-electron chi connectivity index (χ0n) is 12.7. The predicted octanol–water partition coefficient (Wildman–Crippen LogP) is 4.21. The Balaban J connectivity index is 2.27. The van der Waals surface area contributed by atoms with Crippen molar-refractivity contribution in [2.45, 2.75) is 34.1 Å². The normalized spacial score (nSPS) is 16.1. The van der Waals surface area contributed by atoms with Crippen LogP contribution in [0, 0.1) is 11.2 Å². The first-order valence-corrected chi connectivity index (χ1v) is 7.04. The number of hydrogen-bond donors (Lipinski definition) is 0. The Bertz CT molecular complexity index is 555. The summed E-state index contributed by atoms with van der Waals surface area (Å²) in [7, 11) is 0. The van der Waals surface area contributed by atoms with Gasteiger partial charge in [0.05, 0.1) is 0 Å². The van der Waals surface area contributed by atoms with Gasteiger partial charge in [0.1, 0.15) is 5.82 Å². The number of nitrogens with zero attached hydrogens (tertiary/aromatic N) is 1. The first-order chi connectivity index (χ1) is 9.29. The molecular weight excluding hydrogens is 253 g/mol. The van der Waals surface area contributed by atoms with E-state index in [1.54, 1.807) is 6.07 Å². The second-order valence-corrected chi connectivity index (χ2v) is 6.39. The van der Waals surface area contributed by atoms with Crippen molar-refractivity contribution in [3.63, 3.8) is 0 Å². The van der Waals surface area contributed by atoms with Gasteiger partial charge < -0.3 is 4.90 Å². The van der Waals surface area contributed by atoms with Crippen molar-refractivity contribution >= 4 is 11.5 Å². The van der Waals surface area contributed by atoms with Crippen LogP contribution in [-0.2, 0) is 0 Å². The van der Waals surface area contributed by atoms with Gasteiger partial charge in [0, 0.05) is 24.3 Å². The van der Waals surface area contributed by atoms with Crippen molar-refractivity contribution in [2.24, 2.45) is 5.41 Å². The van der Waals surface area contributed by atoms with Gasteiger partial charge in [-0.15, -0.1) is 0 Å². The highest BCUT2D eigenvalue weighted by molar-refractivity contribution is 5.99. The van der Waals surface area contributed by atoms with E-state index < -0.39 is 0 Å². The fraction of sp³-hybridized carbons (Fsp3) is 0.471. The Labute approximate surface area is 120 Å². The van der Waals surface area contributed by atoms with Crippen LogP contribution in [0.15, 0.2) is 29.8 Å². The lowest BCUT2D eigenvalue weighted by atomic mass is 9.83. The van der Waals surface area contributed by atoms with Crippen LogP contribution in [0.1, 0.15) is 44.5 Å². The molecule has 0 N–H and O–H groups in total. The van der Waals surface area contributed by atoms with Gasteiger partial charge in [-0.3, -0.25) is 4.79 Å². The molecule has 1 aliphatic heterocycles. The summed E-state index contributed by atoms with van der Waals surface area (Å²) in [6, 6.07) is 4.47. The minimum atomic E-state index is -0.359. The van der Waals surface area contributed by atoms with Crippen molar-refractivity contribution in [2.75, 3.05) is 18.0 Å². The second-order valence-electron chi connectivity index (χ2n) is 6.39. The largest absolute Gasteiger partial charge is 0.367 e. The average Bonchev–Trinajstić information content (AvgIpc) is 2.37. The Kier molecular flexibility index (Phi) is 3.98. The van der Waals surface area contributed by atoms with E-state index in [9.17, 15) is 9.18 Å². The van der Waals surface area contributed by atoms with Gasteiger partial charge in [0.15, 0.2) is 5.78 Å². The number of ketones is 1. The van der Waals surface area contributed by atoms with Crippen molar-refractivity contribution in [3.05, 3.63) is 41.2 Å². The van der Waals surface area contributed by atoms with Gasteiger partial charge >= 0.3 is 0 Å². The molecule has 20 heavy (non-hydrogen) atoms. The summed E-state index contributed by atoms with van der Waals surface area (Å²) in [5.41, 5.74) is 2.94. The third-order valence-corrected chi connectivity index (χ3v) is 3.85. The zero-order chi connectivity index (χ0) is 14.9. The van der Waals surface area contributed by atoms with E-state index in [1.807, 2.05) is 0 Å². The number of halogens is 1. The van der Waals surface area contributed by atoms with Crippen LogP contribution < -0.4 is 4.90 Å². The third kappa shape index (κ3) is 3.09. The lowest BCUT2D eigenvalue weighted by Crippen LogP contribution is -2.32. The first kappa shape index (κ1) is 14.8. The van der Waals surface area contributed by atoms with Gasteiger partial charge in [-0.2, -0.15) is 0 Å². The van der Waals surface area contributed by atoms with Gasteiger partial charge in [-0.05, 0) is 37.0 Å². The number of hydrogen-bond acceptors (Lipinski definition) is 2. The maximum absolute atomic E-state index is 13.3. The molecule has 0 spiro atoms. The number of Topliss-reactive ketones (excluding diaryl/α,β-unsaturated/α-hetero) is 1. The quantitative estimate of drug-likeness (QED) is 0.595. The molecule has 0 aromatic heterocycles. The topological polar surface area (TPSA) is 20.3 Å². The van der Waals surface area contributed by atoms with Crippen LogP contribution in [-0.4, -0.2) is 18.9 Å². The molecule has 0 unspecified atom stereocenters. The molecule has 0 bridgehead atoms. The van der Waals surface area contributed by atoms with Gasteiger partial charge in [-0.25, -0.2) is 4.39 Å². The minimum Gasteiger partial charge on any atom is -0.367 e. The summed E-state index contributed by atoms with van der Waals surface area (Å²) in [5, 5.41) is 0. The summed E-state index contributed by atoms with van der Waals surface area (Å²) in [6.07, 6.45) is 3.22. The molecule has 1 heterocycles. The van der Waals surface area contributed by atoms with E-state index in [4.69, 9.17) is 0 Å². The van der Waals surface area contributed by atoms with Gasteiger partial charge in [0.2, 0.25) is 0 Å². The van der Waals surface area contributed by atoms with Crippen LogP contribution in [0.3, 0.4) is 0 Å². The molecule has 0 atom stereocenters. The summed E-state index contributed by atoms with van der Waals surface area (Å²) in [4.78, 5) is 13.8. The van der Waals surface area contributed by atoms with Crippen molar-refractivity contribution < 1.29 is 9.18 Å². The Morgan fingerprint density at radius 3 is 2.50 bits per heavy atom. The van der Waals surface area contributed by atoms with E-state index in [0.717, 1.165) is 25.2 Å². The average molecular weight is 275 g/mol. The zero-order valence-corrected chi connectivity index (χ0v) is 12.7. The second kappa shape index (κ2) is 5.39. The predicted molar refractivity (Wildman–Crippen MR) is 80.8 cm³/mol. The fourth-order valence-corrected chi connectivity index (χ4v) is 2.64. The SMILES string of the molecule is CC(=O)c1cc(F)ccc1N1CC=C(C(C)(C)C)CC1. The van der Waals surface area contributed by atoms with E-state index in [0.29, 0.717) is 5.56 Å². The van der Waals surface area contributed by atoms with Crippen LogP contribution in [0.5, 0.6) is 0 Å². The summed E-state index contributed by atoms with van der Waals surface area (Å²) < 4.78 is 13.3. The molecule has 0 fully saturated rings. The fourth-order valence-electron chi connectivity index (χ4n) is 2.64. The molecule has 0 saturated carbocycles. The maximum Gasteiger partial charge on any atom is 0.161 e. The van der Waals surface area contributed by atoms with Gasteiger partial charge in [0.25, 0.3) is 0 Å². The summed E-state index contributed by atoms with van der Waals surface area (Å²) in [5.74, 6) is -0.452. The highest BCUT2D eigenvalue weighted by Gasteiger charge is 2.23. The van der Waals surface area contributed by atoms with E-state index in [1.165, 1.54) is 24.6 Å². The van der Waals surface area contributed by atoms with Crippen molar-refractivity contribution in [3.8, 4) is 0 Å².